The van der Waals surface area contributed by atoms with Gasteiger partial charge in [-0.25, -0.2) is 22.3 Å². The predicted octanol–water partition coefficient (Wildman–Crippen LogP) is 3.45. The number of sulfonamides is 1. The Balaban J connectivity index is 1.93. The van der Waals surface area contributed by atoms with Crippen molar-refractivity contribution in [3.05, 3.63) is 24.0 Å². The normalized spacial score (nSPS) is 16.3. The molecule has 1 saturated heterocycles. The van der Waals surface area contributed by atoms with Crippen LogP contribution in [0.25, 0.3) is 0 Å². The van der Waals surface area contributed by atoms with Crippen molar-refractivity contribution in [1.29, 1.82) is 0 Å². The Morgan fingerprint density at radius 2 is 1.72 bits per heavy atom. The molecule has 0 aromatic heterocycles. The van der Waals surface area contributed by atoms with Gasteiger partial charge in [0.2, 0.25) is 10.0 Å². The summed E-state index contributed by atoms with van der Waals surface area (Å²) in [5.74, 6) is -1.29. The number of methoxy groups -OCH3 is 1. The molecule has 1 amide bonds. The Kier molecular flexibility index (Phi) is 7.86. The number of likely N-dealkylation sites (tertiary alicyclic amines) is 1. The lowest BCUT2D eigenvalue weighted by atomic mass is 9.97. The summed E-state index contributed by atoms with van der Waals surface area (Å²) >= 11 is 0. The molecule has 7 nitrogen and oxygen atoms in total. The Morgan fingerprint density at radius 1 is 1.16 bits per heavy atom. The molecule has 1 fully saturated rings. The van der Waals surface area contributed by atoms with Gasteiger partial charge in [-0.05, 0) is 37.0 Å². The number of ether oxygens (including phenoxy) is 2. The second kappa shape index (κ2) is 9.68. The van der Waals surface area contributed by atoms with Crippen molar-refractivity contribution in [2.24, 2.45) is 5.92 Å². The molecule has 0 unspecified atom stereocenters. The van der Waals surface area contributed by atoms with Gasteiger partial charge in [0, 0.05) is 19.6 Å². The lowest BCUT2D eigenvalue weighted by Crippen LogP contribution is -2.49. The van der Waals surface area contributed by atoms with Crippen LogP contribution in [0.2, 0.25) is 0 Å². The Hall–Kier alpha value is -2.29. The topological polar surface area (TPSA) is 84.9 Å². The highest BCUT2D eigenvalue weighted by Gasteiger charge is 2.60. The summed E-state index contributed by atoms with van der Waals surface area (Å²) in [4.78, 5) is 12.0. The maximum absolute atomic E-state index is 13.4. The third-order valence-corrected chi connectivity index (χ3v) is 6.11. The van der Waals surface area contributed by atoms with Crippen molar-refractivity contribution in [3.8, 4) is 5.75 Å². The molecular formula is C17H19F7N2O5S. The Bertz CT molecular complexity index is 899. The van der Waals surface area contributed by atoms with Crippen LogP contribution < -0.4 is 9.46 Å². The molecule has 1 heterocycles. The summed E-state index contributed by atoms with van der Waals surface area (Å²) in [6, 6.07) is 2.90. The Morgan fingerprint density at radius 3 is 2.22 bits per heavy atom. The van der Waals surface area contributed by atoms with Crippen molar-refractivity contribution < 1.29 is 53.4 Å². The summed E-state index contributed by atoms with van der Waals surface area (Å²) in [7, 11) is -2.98. The van der Waals surface area contributed by atoms with Crippen LogP contribution in [-0.4, -0.2) is 64.6 Å². The fourth-order valence-corrected chi connectivity index (χ4v) is 4.27. The van der Waals surface area contributed by atoms with Crippen LogP contribution in [0.4, 0.5) is 35.5 Å². The van der Waals surface area contributed by atoms with Gasteiger partial charge in [-0.1, -0.05) is 0 Å². The highest BCUT2D eigenvalue weighted by atomic mass is 32.2. The Labute approximate surface area is 178 Å². The molecule has 0 bridgehead atoms. The van der Waals surface area contributed by atoms with E-state index >= 15 is 0 Å². The number of hydrogen-bond donors (Lipinski definition) is 1. The average molecular weight is 496 g/mol. The molecular weight excluding hydrogens is 477 g/mol. The van der Waals surface area contributed by atoms with Gasteiger partial charge < -0.3 is 14.4 Å². The van der Waals surface area contributed by atoms with E-state index in [1.54, 1.807) is 0 Å². The standard InChI is InChI=1S/C17H19F7N2O5S/c1-30-12-3-2-11(18)8-13(12)32(28,29)25-9-10-4-6-26(7-5-10)15(27)31-14(16(19,20)21)17(22,23)24/h2-3,8,10,14,25H,4-7,9H2,1H3. The van der Waals surface area contributed by atoms with Crippen molar-refractivity contribution in [1.82, 2.24) is 9.62 Å². The van der Waals surface area contributed by atoms with Crippen molar-refractivity contribution in [2.45, 2.75) is 36.2 Å². The number of amides is 1. The van der Waals surface area contributed by atoms with Crippen LogP contribution in [0.1, 0.15) is 12.8 Å². The smallest absolute Gasteiger partial charge is 0.434 e. The zero-order valence-electron chi connectivity index (χ0n) is 16.5. The molecule has 1 aromatic carbocycles. The minimum Gasteiger partial charge on any atom is -0.495 e. The number of nitrogens with one attached hydrogen (secondary N) is 1. The lowest BCUT2D eigenvalue weighted by molar-refractivity contribution is -0.308. The largest absolute Gasteiger partial charge is 0.495 e. The molecule has 1 aliphatic rings. The first-order valence-corrected chi connectivity index (χ1v) is 10.6. The van der Waals surface area contributed by atoms with E-state index in [2.05, 4.69) is 9.46 Å². The second-order valence-corrected chi connectivity index (χ2v) is 8.66. The van der Waals surface area contributed by atoms with Gasteiger partial charge in [0.1, 0.15) is 16.5 Å². The van der Waals surface area contributed by atoms with E-state index < -0.39 is 45.3 Å². The summed E-state index contributed by atoms with van der Waals surface area (Å²) in [5, 5.41) is 0. The van der Waals surface area contributed by atoms with Crippen molar-refractivity contribution >= 4 is 16.1 Å². The highest BCUT2D eigenvalue weighted by Crippen LogP contribution is 2.36. The number of nitrogens with zero attached hydrogens (tertiary/aromatic N) is 1. The highest BCUT2D eigenvalue weighted by molar-refractivity contribution is 7.89. The van der Waals surface area contributed by atoms with Gasteiger partial charge in [-0.3, -0.25) is 0 Å². The first-order valence-electron chi connectivity index (χ1n) is 9.07. The number of alkyl halides is 6. The predicted molar refractivity (Wildman–Crippen MR) is 94.8 cm³/mol. The minimum absolute atomic E-state index is 0.0839. The lowest BCUT2D eigenvalue weighted by Gasteiger charge is -2.33. The molecule has 0 saturated carbocycles. The molecule has 1 aliphatic heterocycles. The van der Waals surface area contributed by atoms with E-state index in [9.17, 15) is 43.9 Å². The maximum atomic E-state index is 13.4. The number of halogens is 7. The molecule has 1 aromatic rings. The van der Waals surface area contributed by atoms with E-state index in [0.29, 0.717) is 4.90 Å². The van der Waals surface area contributed by atoms with Crippen LogP contribution in [0.15, 0.2) is 23.1 Å². The summed E-state index contributed by atoms with van der Waals surface area (Å²) in [5.41, 5.74) is 0. The third kappa shape index (κ3) is 6.60. The monoisotopic (exact) mass is 496 g/mol. The summed E-state index contributed by atoms with van der Waals surface area (Å²) in [6.07, 6.45) is -17.5. The molecule has 15 heteroatoms. The number of piperidine rings is 1. The molecule has 32 heavy (non-hydrogen) atoms. The van der Waals surface area contributed by atoms with Crippen molar-refractivity contribution in [3.63, 3.8) is 0 Å². The van der Waals surface area contributed by atoms with E-state index in [-0.39, 0.29) is 44.1 Å². The molecule has 2 rings (SSSR count). The van der Waals surface area contributed by atoms with Crippen LogP contribution in [0.5, 0.6) is 5.75 Å². The first kappa shape index (κ1) is 26.0. The number of benzene rings is 1. The quantitative estimate of drug-likeness (QED) is 0.610. The average Bonchev–Trinajstić information content (AvgIpc) is 2.69. The zero-order chi connectivity index (χ0) is 24.3. The van der Waals surface area contributed by atoms with Gasteiger partial charge >= 0.3 is 18.4 Å². The summed E-state index contributed by atoms with van der Waals surface area (Å²) in [6.45, 7) is -0.632. The van der Waals surface area contributed by atoms with E-state index in [0.717, 1.165) is 18.2 Å². The minimum atomic E-state index is -5.82. The van der Waals surface area contributed by atoms with Crippen LogP contribution >= 0.6 is 0 Å². The fraction of sp³-hybridized carbons (Fsp3) is 0.588. The third-order valence-electron chi connectivity index (χ3n) is 4.66. The molecule has 0 radical (unpaired) electrons. The van der Waals surface area contributed by atoms with Gasteiger partial charge in [-0.15, -0.1) is 0 Å². The zero-order valence-corrected chi connectivity index (χ0v) is 17.3. The van der Waals surface area contributed by atoms with E-state index in [4.69, 9.17) is 4.74 Å². The second-order valence-electron chi connectivity index (χ2n) is 6.92. The molecule has 0 aliphatic carbocycles. The molecule has 182 valence electrons. The van der Waals surface area contributed by atoms with E-state index in [1.807, 2.05) is 0 Å². The van der Waals surface area contributed by atoms with Gasteiger partial charge in [0.05, 0.1) is 7.11 Å². The van der Waals surface area contributed by atoms with Crippen molar-refractivity contribution in [2.75, 3.05) is 26.7 Å². The summed E-state index contributed by atoms with van der Waals surface area (Å²) < 4.78 is 124. The SMILES string of the molecule is COc1ccc(F)cc1S(=O)(=O)NCC1CCN(C(=O)OC(C(F)(F)F)C(F)(F)F)CC1. The molecule has 0 spiro atoms. The maximum Gasteiger partial charge on any atom is 0.434 e. The number of hydrogen-bond acceptors (Lipinski definition) is 5. The fourth-order valence-electron chi connectivity index (χ4n) is 2.98. The molecule has 1 N–H and O–H groups in total. The first-order chi connectivity index (χ1) is 14.6. The van der Waals surface area contributed by atoms with Crippen LogP contribution in [-0.2, 0) is 14.8 Å². The molecule has 0 atom stereocenters. The van der Waals surface area contributed by atoms with Gasteiger partial charge in [-0.2, -0.15) is 26.3 Å². The van der Waals surface area contributed by atoms with Gasteiger partial charge in [0.25, 0.3) is 6.10 Å². The van der Waals surface area contributed by atoms with E-state index in [1.165, 1.54) is 7.11 Å². The van der Waals surface area contributed by atoms with Crippen LogP contribution in [0.3, 0.4) is 0 Å². The van der Waals surface area contributed by atoms with Crippen LogP contribution in [0, 0.1) is 11.7 Å². The number of carbonyl (C=O) groups is 1. The number of rotatable bonds is 6. The van der Waals surface area contributed by atoms with Gasteiger partial charge in [0.15, 0.2) is 0 Å². The number of carbonyl (C=O) groups excluding carboxylic acids is 1.